The molecule has 7 heteroatoms. The minimum Gasteiger partial charge on any atom is -0.323 e. The number of thiophene rings is 1. The van der Waals surface area contributed by atoms with Gasteiger partial charge in [-0.05, 0) is 61.2 Å². The lowest BCUT2D eigenvalue weighted by molar-refractivity contribution is 0.0977. The fraction of sp³-hybridized carbons (Fsp3) is 0.278. The first-order valence-corrected chi connectivity index (χ1v) is 9.13. The van der Waals surface area contributed by atoms with Crippen molar-refractivity contribution < 1.29 is 9.18 Å². The quantitative estimate of drug-likeness (QED) is 0.781. The number of thiocarbonyl (C=S) groups is 1. The minimum absolute atomic E-state index is 0.0948. The Balaban J connectivity index is 1.73. The fourth-order valence-corrected chi connectivity index (χ4v) is 4.52. The number of nitrogens with zero attached hydrogens (tertiary/aromatic N) is 1. The second-order valence-corrected chi connectivity index (χ2v) is 7.60. The Morgan fingerprint density at radius 3 is 3.00 bits per heavy atom. The zero-order valence-corrected chi connectivity index (χ0v) is 15.2. The molecular formula is C18H16FN3OS2. The van der Waals surface area contributed by atoms with Gasteiger partial charge in [0.2, 0.25) is 0 Å². The van der Waals surface area contributed by atoms with Crippen molar-refractivity contribution in [1.82, 2.24) is 5.32 Å². The van der Waals surface area contributed by atoms with E-state index in [4.69, 9.17) is 12.2 Å². The number of nitriles is 1. The third-order valence-corrected chi connectivity index (χ3v) is 5.54. The van der Waals surface area contributed by atoms with E-state index in [1.165, 1.54) is 34.4 Å². The topological polar surface area (TPSA) is 64.9 Å². The number of carbonyl (C=O) groups is 1. The molecule has 1 aromatic carbocycles. The Hall–Kier alpha value is -2.30. The largest absolute Gasteiger partial charge is 0.323 e. The standard InChI is InChI=1S/C18H16FN3OS2/c1-10-5-6-13-14(9-20)17(25-15(13)7-10)22-18(24)21-16(23)11-3-2-4-12(19)8-11/h2-4,8,10H,5-7H2,1H3,(H2,21,22,23,24). The molecule has 1 aromatic heterocycles. The highest BCUT2D eigenvalue weighted by molar-refractivity contribution is 7.80. The Morgan fingerprint density at radius 2 is 2.28 bits per heavy atom. The molecule has 2 aromatic rings. The van der Waals surface area contributed by atoms with Crippen molar-refractivity contribution >= 4 is 39.6 Å². The van der Waals surface area contributed by atoms with Gasteiger partial charge >= 0.3 is 0 Å². The number of hydrogen-bond donors (Lipinski definition) is 2. The molecule has 0 bridgehead atoms. The van der Waals surface area contributed by atoms with Crippen LogP contribution in [0.25, 0.3) is 0 Å². The molecule has 0 radical (unpaired) electrons. The highest BCUT2D eigenvalue weighted by Crippen LogP contribution is 2.39. The van der Waals surface area contributed by atoms with Crippen molar-refractivity contribution in [3.63, 3.8) is 0 Å². The van der Waals surface area contributed by atoms with Crippen LogP contribution in [0.1, 0.15) is 39.7 Å². The van der Waals surface area contributed by atoms with Gasteiger partial charge in [0.1, 0.15) is 16.9 Å². The molecule has 1 unspecified atom stereocenters. The molecular weight excluding hydrogens is 357 g/mol. The van der Waals surface area contributed by atoms with Gasteiger partial charge in [-0.15, -0.1) is 11.3 Å². The number of amides is 1. The van der Waals surface area contributed by atoms with E-state index < -0.39 is 11.7 Å². The zero-order valence-electron chi connectivity index (χ0n) is 13.6. The van der Waals surface area contributed by atoms with Crippen molar-refractivity contribution in [2.75, 3.05) is 5.32 Å². The van der Waals surface area contributed by atoms with Gasteiger partial charge in [-0.3, -0.25) is 10.1 Å². The van der Waals surface area contributed by atoms with E-state index in [2.05, 4.69) is 23.6 Å². The van der Waals surface area contributed by atoms with Crippen LogP contribution in [0.15, 0.2) is 24.3 Å². The number of rotatable bonds is 2. The highest BCUT2D eigenvalue weighted by Gasteiger charge is 2.24. The van der Waals surface area contributed by atoms with Crippen LogP contribution >= 0.6 is 23.6 Å². The van der Waals surface area contributed by atoms with E-state index in [1.807, 2.05) is 0 Å². The SMILES string of the molecule is CC1CCc2c(sc(NC(=S)NC(=O)c3cccc(F)c3)c2C#N)C1. The lowest BCUT2D eigenvalue weighted by atomic mass is 9.89. The summed E-state index contributed by atoms with van der Waals surface area (Å²) in [4.78, 5) is 13.3. The van der Waals surface area contributed by atoms with Crippen LogP contribution in [0.3, 0.4) is 0 Å². The van der Waals surface area contributed by atoms with Gasteiger partial charge in [-0.1, -0.05) is 13.0 Å². The van der Waals surface area contributed by atoms with Crippen LogP contribution in [-0.2, 0) is 12.8 Å². The van der Waals surface area contributed by atoms with E-state index in [1.54, 1.807) is 0 Å². The Bertz CT molecular complexity index is 885. The average molecular weight is 373 g/mol. The maximum atomic E-state index is 13.2. The molecule has 0 aliphatic heterocycles. The Kier molecular flexibility index (Phi) is 5.11. The van der Waals surface area contributed by atoms with Gasteiger partial charge in [0.05, 0.1) is 5.56 Å². The molecule has 1 aliphatic carbocycles. The molecule has 2 N–H and O–H groups in total. The summed E-state index contributed by atoms with van der Waals surface area (Å²) < 4.78 is 13.2. The number of halogens is 1. The summed E-state index contributed by atoms with van der Waals surface area (Å²) in [6.45, 7) is 2.20. The molecule has 1 aliphatic rings. The maximum absolute atomic E-state index is 13.2. The highest BCUT2D eigenvalue weighted by atomic mass is 32.1. The number of hydrogen-bond acceptors (Lipinski definition) is 4. The molecule has 0 fully saturated rings. The average Bonchev–Trinajstić information content (AvgIpc) is 2.90. The van der Waals surface area contributed by atoms with Crippen molar-refractivity contribution in [2.24, 2.45) is 5.92 Å². The molecule has 25 heavy (non-hydrogen) atoms. The Labute approximate surface area is 154 Å². The first-order valence-electron chi connectivity index (χ1n) is 7.90. The number of fused-ring (bicyclic) bond motifs is 1. The predicted molar refractivity (Wildman–Crippen MR) is 100 cm³/mol. The fourth-order valence-electron chi connectivity index (χ4n) is 2.90. The van der Waals surface area contributed by atoms with Gasteiger partial charge in [0.15, 0.2) is 5.11 Å². The summed E-state index contributed by atoms with van der Waals surface area (Å²) in [7, 11) is 0. The van der Waals surface area contributed by atoms with E-state index in [-0.39, 0.29) is 10.7 Å². The van der Waals surface area contributed by atoms with E-state index in [0.29, 0.717) is 16.5 Å². The first kappa shape index (κ1) is 17.5. The third-order valence-electron chi connectivity index (χ3n) is 4.16. The lowest BCUT2D eigenvalue weighted by Crippen LogP contribution is -2.34. The van der Waals surface area contributed by atoms with Crippen LogP contribution in [0, 0.1) is 23.1 Å². The van der Waals surface area contributed by atoms with Gasteiger partial charge in [0.25, 0.3) is 5.91 Å². The second-order valence-electron chi connectivity index (χ2n) is 6.09. The smallest absolute Gasteiger partial charge is 0.257 e. The van der Waals surface area contributed by atoms with E-state index >= 15 is 0 Å². The van der Waals surface area contributed by atoms with Crippen LogP contribution in [0.4, 0.5) is 9.39 Å². The van der Waals surface area contributed by atoms with Crippen LogP contribution in [-0.4, -0.2) is 11.0 Å². The summed E-state index contributed by atoms with van der Waals surface area (Å²) in [5.41, 5.74) is 1.88. The summed E-state index contributed by atoms with van der Waals surface area (Å²) in [5, 5.41) is 15.7. The van der Waals surface area contributed by atoms with Gasteiger partial charge < -0.3 is 5.32 Å². The molecule has 4 nitrogen and oxygen atoms in total. The second kappa shape index (κ2) is 7.30. The summed E-state index contributed by atoms with van der Waals surface area (Å²) >= 11 is 6.69. The van der Waals surface area contributed by atoms with Gasteiger partial charge in [-0.25, -0.2) is 4.39 Å². The molecule has 0 saturated heterocycles. The first-order chi connectivity index (χ1) is 12.0. The molecule has 1 amide bonds. The van der Waals surface area contributed by atoms with Crippen LogP contribution in [0.2, 0.25) is 0 Å². The summed E-state index contributed by atoms with van der Waals surface area (Å²) in [6, 6.07) is 7.62. The van der Waals surface area contributed by atoms with Crippen LogP contribution < -0.4 is 10.6 Å². The molecule has 0 saturated carbocycles. The monoisotopic (exact) mass is 373 g/mol. The minimum atomic E-state index is -0.495. The number of benzene rings is 1. The van der Waals surface area contributed by atoms with Gasteiger partial charge in [-0.2, -0.15) is 5.26 Å². The molecule has 1 heterocycles. The maximum Gasteiger partial charge on any atom is 0.257 e. The van der Waals surface area contributed by atoms with Crippen molar-refractivity contribution in [3.05, 3.63) is 51.7 Å². The zero-order chi connectivity index (χ0) is 18.0. The molecule has 128 valence electrons. The van der Waals surface area contributed by atoms with E-state index in [0.717, 1.165) is 30.9 Å². The normalized spacial score (nSPS) is 15.8. The number of anilines is 1. The predicted octanol–water partition coefficient (Wildman–Crippen LogP) is 4.01. The number of carbonyl (C=O) groups excluding carboxylic acids is 1. The van der Waals surface area contributed by atoms with Gasteiger partial charge in [0, 0.05) is 10.4 Å². The lowest BCUT2D eigenvalue weighted by Gasteiger charge is -2.17. The molecule has 3 rings (SSSR count). The third kappa shape index (κ3) is 3.86. The number of nitrogens with one attached hydrogen (secondary N) is 2. The summed E-state index contributed by atoms with van der Waals surface area (Å²) in [6.07, 6.45) is 2.91. The molecule has 1 atom stereocenters. The van der Waals surface area contributed by atoms with Crippen LogP contribution in [0.5, 0.6) is 0 Å². The van der Waals surface area contributed by atoms with Crippen molar-refractivity contribution in [3.8, 4) is 6.07 Å². The van der Waals surface area contributed by atoms with Crippen molar-refractivity contribution in [1.29, 1.82) is 5.26 Å². The van der Waals surface area contributed by atoms with Crippen molar-refractivity contribution in [2.45, 2.75) is 26.2 Å². The molecule has 0 spiro atoms. The van der Waals surface area contributed by atoms with E-state index in [9.17, 15) is 14.4 Å². The summed E-state index contributed by atoms with van der Waals surface area (Å²) in [5.74, 6) is -0.381. The Morgan fingerprint density at radius 1 is 1.48 bits per heavy atom.